The van der Waals surface area contributed by atoms with Crippen LogP contribution in [0.5, 0.6) is 0 Å². The average Bonchev–Trinajstić information content (AvgIpc) is 3.15. The number of aromatic nitrogens is 2. The number of piperidine rings is 2. The highest BCUT2D eigenvalue weighted by Crippen LogP contribution is 2.29. The lowest BCUT2D eigenvalue weighted by molar-refractivity contribution is 0.0713. The van der Waals surface area contributed by atoms with E-state index in [1.54, 1.807) is 6.20 Å². The zero-order valence-electron chi connectivity index (χ0n) is 21.6. The SMILES string of the molecule is O=C(c1ccnc(N2CCC(N3CCc4ccccc4NC3=O)CC2)c1)N1CCC(c2ccncc2)CC1. The number of pyridine rings is 2. The maximum atomic E-state index is 13.3. The van der Waals surface area contributed by atoms with E-state index in [0.717, 1.165) is 76.3 Å². The predicted molar refractivity (Wildman–Crippen MR) is 147 cm³/mol. The van der Waals surface area contributed by atoms with Crippen molar-refractivity contribution in [1.29, 1.82) is 0 Å². The zero-order valence-corrected chi connectivity index (χ0v) is 21.6. The van der Waals surface area contributed by atoms with Crippen LogP contribution in [0, 0.1) is 0 Å². The molecule has 0 spiro atoms. The standard InChI is InChI=1S/C30H34N6O2/c37-29(35-16-8-23(9-17-35)22-5-13-31-14-6-22)25-7-15-32-28(21-25)34-18-11-26(12-19-34)36-20-10-24-3-1-2-4-27(24)33-30(36)38/h1-7,13-15,21,23,26H,8-12,16-20H2,(H,33,38). The smallest absolute Gasteiger partial charge is 0.322 e. The molecule has 0 aliphatic carbocycles. The van der Waals surface area contributed by atoms with Crippen molar-refractivity contribution >= 4 is 23.4 Å². The fourth-order valence-electron chi connectivity index (χ4n) is 6.10. The number of carbonyl (C=O) groups excluding carboxylic acids is 2. The Morgan fingerprint density at radius 1 is 0.868 bits per heavy atom. The van der Waals surface area contributed by atoms with Gasteiger partial charge in [0, 0.05) is 68.6 Å². The minimum atomic E-state index is -0.00757. The molecule has 1 aromatic carbocycles. The monoisotopic (exact) mass is 510 g/mol. The van der Waals surface area contributed by atoms with E-state index in [0.29, 0.717) is 11.5 Å². The van der Waals surface area contributed by atoms with Gasteiger partial charge in [0.15, 0.2) is 0 Å². The van der Waals surface area contributed by atoms with Crippen LogP contribution in [-0.4, -0.2) is 70.5 Å². The molecular formula is C30H34N6O2. The van der Waals surface area contributed by atoms with Crippen LogP contribution in [0.4, 0.5) is 16.3 Å². The Balaban J connectivity index is 1.05. The lowest BCUT2D eigenvalue weighted by Gasteiger charge is -2.38. The highest BCUT2D eigenvalue weighted by atomic mass is 16.2. The Morgan fingerprint density at radius 3 is 2.42 bits per heavy atom. The van der Waals surface area contributed by atoms with Crippen LogP contribution in [-0.2, 0) is 6.42 Å². The molecule has 3 aromatic rings. The summed E-state index contributed by atoms with van der Waals surface area (Å²) >= 11 is 0. The molecule has 2 fully saturated rings. The molecule has 6 rings (SSSR count). The fourth-order valence-corrected chi connectivity index (χ4v) is 6.10. The number of amides is 3. The predicted octanol–water partition coefficient (Wildman–Crippen LogP) is 4.56. The maximum absolute atomic E-state index is 13.3. The summed E-state index contributed by atoms with van der Waals surface area (Å²) in [7, 11) is 0. The van der Waals surface area contributed by atoms with Gasteiger partial charge in [0.2, 0.25) is 0 Å². The molecule has 0 bridgehead atoms. The first kappa shape index (κ1) is 24.4. The number of hydrogen-bond acceptors (Lipinski definition) is 5. The first-order valence-corrected chi connectivity index (χ1v) is 13.7. The maximum Gasteiger partial charge on any atom is 0.322 e. The highest BCUT2D eigenvalue weighted by molar-refractivity contribution is 5.95. The van der Waals surface area contributed by atoms with Gasteiger partial charge in [-0.1, -0.05) is 18.2 Å². The summed E-state index contributed by atoms with van der Waals surface area (Å²) in [6.45, 7) is 3.87. The first-order chi connectivity index (χ1) is 18.7. The van der Waals surface area contributed by atoms with E-state index in [9.17, 15) is 9.59 Å². The third-order valence-corrected chi connectivity index (χ3v) is 8.32. The van der Waals surface area contributed by atoms with Crippen molar-refractivity contribution in [2.75, 3.05) is 42.9 Å². The fraction of sp³-hybridized carbons (Fsp3) is 0.400. The van der Waals surface area contributed by atoms with E-state index in [-0.39, 0.29) is 18.0 Å². The van der Waals surface area contributed by atoms with E-state index < -0.39 is 0 Å². The molecule has 2 aromatic heterocycles. The van der Waals surface area contributed by atoms with Gasteiger partial charge in [0.1, 0.15) is 5.82 Å². The van der Waals surface area contributed by atoms with E-state index >= 15 is 0 Å². The van der Waals surface area contributed by atoms with Crippen molar-refractivity contribution in [3.63, 3.8) is 0 Å². The molecular weight excluding hydrogens is 476 g/mol. The number of nitrogens with one attached hydrogen (secondary N) is 1. The molecule has 38 heavy (non-hydrogen) atoms. The zero-order chi connectivity index (χ0) is 25.9. The summed E-state index contributed by atoms with van der Waals surface area (Å²) in [6.07, 6.45) is 10.00. The van der Waals surface area contributed by atoms with Crippen LogP contribution in [0.1, 0.15) is 53.1 Å². The Kier molecular flexibility index (Phi) is 6.94. The van der Waals surface area contributed by atoms with Crippen molar-refractivity contribution in [3.8, 4) is 0 Å². The molecule has 0 unspecified atom stereocenters. The molecule has 0 saturated carbocycles. The van der Waals surface area contributed by atoms with Crippen molar-refractivity contribution < 1.29 is 9.59 Å². The van der Waals surface area contributed by atoms with E-state index in [4.69, 9.17) is 0 Å². The molecule has 0 radical (unpaired) electrons. The summed E-state index contributed by atoms with van der Waals surface area (Å²) < 4.78 is 0. The Hall–Kier alpha value is -3.94. The van der Waals surface area contributed by atoms with Gasteiger partial charge in [-0.05, 0) is 79.5 Å². The van der Waals surface area contributed by atoms with Crippen molar-refractivity contribution in [3.05, 3.63) is 83.8 Å². The molecule has 8 nitrogen and oxygen atoms in total. The van der Waals surface area contributed by atoms with E-state index in [1.807, 2.05) is 52.5 Å². The number of nitrogens with zero attached hydrogens (tertiary/aromatic N) is 5. The average molecular weight is 511 g/mol. The van der Waals surface area contributed by atoms with Crippen LogP contribution >= 0.6 is 0 Å². The lowest BCUT2D eigenvalue weighted by Crippen LogP contribution is -2.49. The summed E-state index contributed by atoms with van der Waals surface area (Å²) in [5.74, 6) is 1.41. The molecule has 0 atom stereocenters. The van der Waals surface area contributed by atoms with E-state index in [1.165, 1.54) is 11.1 Å². The second-order valence-corrected chi connectivity index (χ2v) is 10.5. The van der Waals surface area contributed by atoms with Gasteiger partial charge in [-0.2, -0.15) is 0 Å². The molecule has 8 heteroatoms. The summed E-state index contributed by atoms with van der Waals surface area (Å²) in [4.78, 5) is 41.2. The van der Waals surface area contributed by atoms with Gasteiger partial charge in [0.05, 0.1) is 0 Å². The normalized spacial score (nSPS) is 19.1. The number of rotatable bonds is 4. The largest absolute Gasteiger partial charge is 0.356 e. The second-order valence-electron chi connectivity index (χ2n) is 10.5. The number of hydrogen-bond donors (Lipinski definition) is 1. The minimum Gasteiger partial charge on any atom is -0.356 e. The number of carbonyl (C=O) groups is 2. The highest BCUT2D eigenvalue weighted by Gasteiger charge is 2.31. The number of para-hydroxylation sites is 1. The topological polar surface area (TPSA) is 81.7 Å². The first-order valence-electron chi connectivity index (χ1n) is 13.7. The van der Waals surface area contributed by atoms with Crippen molar-refractivity contribution in [2.45, 2.75) is 44.1 Å². The van der Waals surface area contributed by atoms with Crippen LogP contribution in [0.15, 0.2) is 67.1 Å². The molecule has 3 aliphatic heterocycles. The van der Waals surface area contributed by atoms with Gasteiger partial charge in [-0.15, -0.1) is 0 Å². The second kappa shape index (κ2) is 10.8. The van der Waals surface area contributed by atoms with Crippen molar-refractivity contribution in [1.82, 2.24) is 19.8 Å². The van der Waals surface area contributed by atoms with Crippen LogP contribution in [0.3, 0.4) is 0 Å². The summed E-state index contributed by atoms with van der Waals surface area (Å²) in [5.41, 5.74) is 4.12. The number of fused-ring (bicyclic) bond motifs is 1. The van der Waals surface area contributed by atoms with Crippen LogP contribution in [0.25, 0.3) is 0 Å². The number of anilines is 2. The molecule has 196 valence electrons. The Bertz CT molecular complexity index is 1280. The van der Waals surface area contributed by atoms with Crippen LogP contribution in [0.2, 0.25) is 0 Å². The molecule has 3 aliphatic rings. The Labute approximate surface area is 223 Å². The van der Waals surface area contributed by atoms with Gasteiger partial charge >= 0.3 is 6.03 Å². The van der Waals surface area contributed by atoms with Gasteiger partial charge < -0.3 is 20.0 Å². The summed E-state index contributed by atoms with van der Waals surface area (Å²) in [5, 5.41) is 3.09. The van der Waals surface area contributed by atoms with Gasteiger partial charge in [-0.3, -0.25) is 9.78 Å². The molecule has 5 heterocycles. The quantitative estimate of drug-likeness (QED) is 0.557. The van der Waals surface area contributed by atoms with E-state index in [2.05, 4.69) is 38.4 Å². The van der Waals surface area contributed by atoms with Crippen LogP contribution < -0.4 is 10.2 Å². The lowest BCUT2D eigenvalue weighted by atomic mass is 9.90. The Morgan fingerprint density at radius 2 is 1.63 bits per heavy atom. The molecule has 3 amide bonds. The summed E-state index contributed by atoms with van der Waals surface area (Å²) in [6, 6.07) is 16.2. The number of likely N-dealkylation sites (tertiary alicyclic amines) is 1. The number of urea groups is 1. The van der Waals surface area contributed by atoms with Gasteiger partial charge in [-0.25, -0.2) is 9.78 Å². The van der Waals surface area contributed by atoms with Crippen molar-refractivity contribution in [2.24, 2.45) is 0 Å². The minimum absolute atomic E-state index is 0.00757. The molecule has 2 saturated heterocycles. The molecule has 1 N–H and O–H groups in total. The third kappa shape index (κ3) is 5.08. The van der Waals surface area contributed by atoms with Gasteiger partial charge in [0.25, 0.3) is 5.91 Å². The number of benzene rings is 1. The third-order valence-electron chi connectivity index (χ3n) is 8.32.